The number of sulfonamides is 1. The Morgan fingerprint density at radius 1 is 1.02 bits per heavy atom. The van der Waals surface area contributed by atoms with E-state index in [1.165, 1.54) is 12.1 Å². The highest BCUT2D eigenvalue weighted by Crippen LogP contribution is 2.32. The van der Waals surface area contributed by atoms with E-state index in [9.17, 15) is 13.2 Å². The van der Waals surface area contributed by atoms with Gasteiger partial charge in [0.05, 0.1) is 22.8 Å². The number of benzene rings is 2. The van der Waals surface area contributed by atoms with Crippen LogP contribution in [-0.2, 0) is 23.6 Å². The lowest BCUT2D eigenvalue weighted by Crippen LogP contribution is -2.45. The van der Waals surface area contributed by atoms with Crippen LogP contribution in [0.5, 0.6) is 5.88 Å². The lowest BCUT2D eigenvalue weighted by atomic mass is 9.87. The van der Waals surface area contributed by atoms with Gasteiger partial charge in [-0.05, 0) is 61.9 Å². The summed E-state index contributed by atoms with van der Waals surface area (Å²) in [5.41, 5.74) is 5.31. The van der Waals surface area contributed by atoms with Gasteiger partial charge in [0.2, 0.25) is 11.8 Å². The van der Waals surface area contributed by atoms with E-state index in [4.69, 9.17) is 4.74 Å². The number of aryl methyl sites for hydroxylation is 3. The molecular formula is C32H38N6O4S. The zero-order valence-corrected chi connectivity index (χ0v) is 26.5. The molecule has 1 aliphatic heterocycles. The molecule has 5 rings (SSSR count). The molecular weight excluding hydrogens is 564 g/mol. The molecule has 10 nitrogen and oxygen atoms in total. The van der Waals surface area contributed by atoms with Gasteiger partial charge >= 0.3 is 0 Å². The molecule has 0 saturated heterocycles. The summed E-state index contributed by atoms with van der Waals surface area (Å²) in [5, 5.41) is 4.38. The van der Waals surface area contributed by atoms with Gasteiger partial charge in [-0.3, -0.25) is 9.48 Å². The van der Waals surface area contributed by atoms with E-state index in [1.807, 2.05) is 46.0 Å². The van der Waals surface area contributed by atoms with Crippen molar-refractivity contribution in [1.82, 2.24) is 24.6 Å². The molecule has 2 aromatic carbocycles. The van der Waals surface area contributed by atoms with Gasteiger partial charge in [-0.1, -0.05) is 45.0 Å². The summed E-state index contributed by atoms with van der Waals surface area (Å²) in [6.07, 6.45) is 2.38. The van der Waals surface area contributed by atoms with Crippen LogP contribution < -0.4 is 9.46 Å². The Kier molecular flexibility index (Phi) is 8.04. The normalized spacial score (nSPS) is 16.9. The molecule has 11 heteroatoms. The summed E-state index contributed by atoms with van der Waals surface area (Å²) >= 11 is 0. The summed E-state index contributed by atoms with van der Waals surface area (Å²) in [6.45, 7) is 12.7. The van der Waals surface area contributed by atoms with E-state index in [2.05, 4.69) is 40.6 Å². The van der Waals surface area contributed by atoms with Crippen molar-refractivity contribution >= 4 is 21.9 Å². The fraction of sp³-hybridized carbons (Fsp3) is 0.375. The van der Waals surface area contributed by atoms with Gasteiger partial charge in [-0.25, -0.2) is 18.1 Å². The minimum Gasteiger partial charge on any atom is -0.475 e. The molecule has 226 valence electrons. The maximum absolute atomic E-state index is 14.2. The molecule has 0 aliphatic carbocycles. The van der Waals surface area contributed by atoms with Crippen molar-refractivity contribution in [2.45, 2.75) is 65.4 Å². The SMILES string of the molecule is Cc1cccc(C)c1-c1cc2nc(n1)NS(=O)(=O)c1cccc(c1)C(=O)N(Cc1cnn(C)c1C)[C@H](CC(C)(C)C)CO2. The maximum Gasteiger partial charge on any atom is 0.264 e. The van der Waals surface area contributed by atoms with Crippen LogP contribution in [0.4, 0.5) is 5.95 Å². The highest BCUT2D eigenvalue weighted by molar-refractivity contribution is 7.92. The van der Waals surface area contributed by atoms with Crippen LogP contribution >= 0.6 is 0 Å². The number of nitrogens with zero attached hydrogens (tertiary/aromatic N) is 5. The number of carbonyl (C=O) groups excluding carboxylic acids is 1. The van der Waals surface area contributed by atoms with Crippen LogP contribution in [0.15, 0.2) is 59.6 Å². The van der Waals surface area contributed by atoms with Gasteiger partial charge in [0.1, 0.15) is 6.61 Å². The number of anilines is 1. The molecule has 2 aromatic heterocycles. The fourth-order valence-electron chi connectivity index (χ4n) is 5.43. The Bertz CT molecular complexity index is 1770. The second-order valence-electron chi connectivity index (χ2n) is 12.4. The first-order valence-corrected chi connectivity index (χ1v) is 15.7. The average Bonchev–Trinajstić information content (AvgIpc) is 3.24. The quantitative estimate of drug-likeness (QED) is 0.330. The summed E-state index contributed by atoms with van der Waals surface area (Å²) in [6, 6.07) is 13.3. The minimum absolute atomic E-state index is 0.0639. The number of fused-ring (bicyclic) bond motifs is 4. The zero-order chi connectivity index (χ0) is 31.1. The Balaban J connectivity index is 1.69. The molecule has 3 heterocycles. The highest BCUT2D eigenvalue weighted by atomic mass is 32.2. The number of rotatable bonds is 4. The molecule has 43 heavy (non-hydrogen) atoms. The van der Waals surface area contributed by atoms with Crippen LogP contribution in [0.1, 0.15) is 59.9 Å². The lowest BCUT2D eigenvalue weighted by Gasteiger charge is -2.35. The number of nitrogens with one attached hydrogen (secondary N) is 1. The first-order chi connectivity index (χ1) is 20.2. The molecule has 0 radical (unpaired) electrons. The lowest BCUT2D eigenvalue weighted by molar-refractivity contribution is 0.0512. The third-order valence-electron chi connectivity index (χ3n) is 7.71. The van der Waals surface area contributed by atoms with Crippen LogP contribution in [0.3, 0.4) is 0 Å². The summed E-state index contributed by atoms with van der Waals surface area (Å²) in [5.74, 6) is -0.201. The Labute approximate surface area is 253 Å². The van der Waals surface area contributed by atoms with Crippen LogP contribution in [-0.4, -0.2) is 51.6 Å². The van der Waals surface area contributed by atoms with Crippen LogP contribution in [0.2, 0.25) is 0 Å². The summed E-state index contributed by atoms with van der Waals surface area (Å²) in [4.78, 5) is 25.0. The first kappa shape index (κ1) is 30.2. The number of carbonyl (C=O) groups is 1. The maximum atomic E-state index is 14.2. The van der Waals surface area contributed by atoms with Crippen molar-refractivity contribution in [3.05, 3.63) is 82.7 Å². The number of hydrogen-bond acceptors (Lipinski definition) is 7. The summed E-state index contributed by atoms with van der Waals surface area (Å²) < 4.78 is 37.8. The second kappa shape index (κ2) is 11.4. The van der Waals surface area contributed by atoms with Crippen LogP contribution in [0, 0.1) is 26.2 Å². The van der Waals surface area contributed by atoms with Crippen molar-refractivity contribution in [3.63, 3.8) is 0 Å². The van der Waals surface area contributed by atoms with Crippen molar-refractivity contribution in [2.75, 3.05) is 11.3 Å². The fourth-order valence-corrected chi connectivity index (χ4v) is 6.42. The van der Waals surface area contributed by atoms with Gasteiger partial charge in [0, 0.05) is 42.0 Å². The number of aromatic nitrogens is 4. The molecule has 1 amide bonds. The molecule has 4 bridgehead atoms. The topological polar surface area (TPSA) is 119 Å². The summed E-state index contributed by atoms with van der Waals surface area (Å²) in [7, 11) is -2.28. The van der Waals surface area contributed by atoms with Crippen molar-refractivity contribution < 1.29 is 17.9 Å². The third kappa shape index (κ3) is 6.56. The molecule has 0 saturated carbocycles. The standard InChI is InChI=1S/C32H38N6O4S/c1-20-10-8-11-21(2)29(20)27-15-28-35-31(34-27)36-43(40,41)26-13-9-12-23(14-26)30(39)38(18-24-17-33-37(7)22(24)3)25(19-42-28)16-32(4,5)6/h8-15,17,25H,16,18-19H2,1-7H3,(H,34,35,36)/t25-/m1/s1. The largest absolute Gasteiger partial charge is 0.475 e. The molecule has 0 fully saturated rings. The van der Waals surface area contributed by atoms with E-state index in [0.717, 1.165) is 27.9 Å². The number of ether oxygens (including phenoxy) is 1. The zero-order valence-electron chi connectivity index (χ0n) is 25.7. The Morgan fingerprint density at radius 3 is 2.37 bits per heavy atom. The third-order valence-corrected chi connectivity index (χ3v) is 9.03. The van der Waals surface area contributed by atoms with E-state index in [0.29, 0.717) is 12.1 Å². The highest BCUT2D eigenvalue weighted by Gasteiger charge is 2.32. The van der Waals surface area contributed by atoms with Crippen molar-refractivity contribution in [2.24, 2.45) is 12.5 Å². The first-order valence-electron chi connectivity index (χ1n) is 14.2. The van der Waals surface area contributed by atoms with Gasteiger partial charge in [-0.15, -0.1) is 0 Å². The van der Waals surface area contributed by atoms with Gasteiger partial charge in [-0.2, -0.15) is 10.1 Å². The number of hydrogen-bond donors (Lipinski definition) is 1. The van der Waals surface area contributed by atoms with Crippen LogP contribution in [0.25, 0.3) is 11.3 Å². The smallest absolute Gasteiger partial charge is 0.264 e. The van der Waals surface area contributed by atoms with E-state index < -0.39 is 10.0 Å². The van der Waals surface area contributed by atoms with Gasteiger partial charge < -0.3 is 9.64 Å². The predicted octanol–water partition coefficient (Wildman–Crippen LogP) is 5.44. The molecule has 4 aromatic rings. The van der Waals surface area contributed by atoms with E-state index in [-0.39, 0.29) is 52.8 Å². The molecule has 0 spiro atoms. The van der Waals surface area contributed by atoms with Gasteiger partial charge in [0.15, 0.2) is 0 Å². The monoisotopic (exact) mass is 602 g/mol. The van der Waals surface area contributed by atoms with Crippen molar-refractivity contribution in [3.8, 4) is 17.1 Å². The van der Waals surface area contributed by atoms with Gasteiger partial charge in [0.25, 0.3) is 15.9 Å². The molecule has 0 unspecified atom stereocenters. The van der Waals surface area contributed by atoms with Crippen molar-refractivity contribution in [1.29, 1.82) is 0 Å². The minimum atomic E-state index is -4.14. The second-order valence-corrected chi connectivity index (χ2v) is 14.0. The Hall–Kier alpha value is -4.25. The Morgan fingerprint density at radius 2 is 1.72 bits per heavy atom. The predicted molar refractivity (Wildman–Crippen MR) is 165 cm³/mol. The number of amides is 1. The molecule has 1 atom stereocenters. The van der Waals surface area contributed by atoms with E-state index >= 15 is 0 Å². The molecule has 1 N–H and O–H groups in total. The average molecular weight is 603 g/mol. The van der Waals surface area contributed by atoms with E-state index in [1.54, 1.807) is 34.0 Å². The molecule has 1 aliphatic rings.